The molecule has 3 rings (SSSR count). The Morgan fingerprint density at radius 2 is 1.60 bits per heavy atom. The molecule has 1 aromatic heterocycles. The van der Waals surface area contributed by atoms with Crippen molar-refractivity contribution < 1.29 is 9.59 Å². The molecular formula is C18H21N5O2. The summed E-state index contributed by atoms with van der Waals surface area (Å²) in [6, 6.07) is 9.83. The molecule has 1 fully saturated rings. The summed E-state index contributed by atoms with van der Waals surface area (Å²) < 4.78 is 0. The molecule has 0 spiro atoms. The second-order valence-electron chi connectivity index (χ2n) is 5.95. The van der Waals surface area contributed by atoms with E-state index in [-0.39, 0.29) is 11.8 Å². The van der Waals surface area contributed by atoms with Gasteiger partial charge in [0.05, 0.1) is 12.4 Å². The van der Waals surface area contributed by atoms with Gasteiger partial charge in [0.2, 0.25) is 5.91 Å². The van der Waals surface area contributed by atoms with E-state index in [1.807, 2.05) is 42.3 Å². The van der Waals surface area contributed by atoms with Crippen molar-refractivity contribution in [2.75, 3.05) is 38.1 Å². The summed E-state index contributed by atoms with van der Waals surface area (Å²) in [7, 11) is 1.90. The first-order chi connectivity index (χ1) is 12.1. The van der Waals surface area contributed by atoms with Crippen LogP contribution >= 0.6 is 0 Å². The van der Waals surface area contributed by atoms with E-state index in [0.717, 1.165) is 5.69 Å². The van der Waals surface area contributed by atoms with E-state index in [1.165, 1.54) is 6.20 Å². The van der Waals surface area contributed by atoms with Gasteiger partial charge in [-0.25, -0.2) is 9.97 Å². The van der Waals surface area contributed by atoms with E-state index in [1.54, 1.807) is 22.9 Å². The number of carbonyl (C=O) groups excluding carboxylic acids is 2. The van der Waals surface area contributed by atoms with Crippen molar-refractivity contribution in [2.45, 2.75) is 6.92 Å². The summed E-state index contributed by atoms with van der Waals surface area (Å²) in [6.07, 6.45) is 3.11. The molecule has 1 aliphatic heterocycles. The van der Waals surface area contributed by atoms with Gasteiger partial charge >= 0.3 is 0 Å². The van der Waals surface area contributed by atoms with Crippen LogP contribution in [0.3, 0.4) is 0 Å². The van der Waals surface area contributed by atoms with Gasteiger partial charge in [0, 0.05) is 45.8 Å². The summed E-state index contributed by atoms with van der Waals surface area (Å²) in [5.41, 5.74) is 1.32. The van der Waals surface area contributed by atoms with Crippen LogP contribution in [0.4, 0.5) is 11.5 Å². The average Bonchev–Trinajstić information content (AvgIpc) is 2.67. The minimum absolute atomic E-state index is 0.0418. The van der Waals surface area contributed by atoms with Gasteiger partial charge in [-0.15, -0.1) is 0 Å². The Kier molecular flexibility index (Phi) is 4.92. The molecular weight excluding hydrogens is 318 g/mol. The Morgan fingerprint density at radius 3 is 2.16 bits per heavy atom. The molecule has 0 unspecified atom stereocenters. The third-order valence-corrected chi connectivity index (χ3v) is 4.36. The van der Waals surface area contributed by atoms with Crippen LogP contribution in [0.25, 0.3) is 0 Å². The maximum absolute atomic E-state index is 12.5. The second kappa shape index (κ2) is 7.29. The van der Waals surface area contributed by atoms with E-state index in [9.17, 15) is 9.59 Å². The zero-order valence-electron chi connectivity index (χ0n) is 14.4. The van der Waals surface area contributed by atoms with Crippen LogP contribution in [0.2, 0.25) is 0 Å². The molecule has 2 heterocycles. The van der Waals surface area contributed by atoms with E-state index < -0.39 is 0 Å². The molecule has 1 aromatic carbocycles. The maximum Gasteiger partial charge on any atom is 0.274 e. The highest BCUT2D eigenvalue weighted by Crippen LogP contribution is 2.20. The van der Waals surface area contributed by atoms with Gasteiger partial charge in [0.1, 0.15) is 5.69 Å². The molecule has 0 atom stereocenters. The fraction of sp³-hybridized carbons (Fsp3) is 0.333. The summed E-state index contributed by atoms with van der Waals surface area (Å²) in [4.78, 5) is 37.9. The van der Waals surface area contributed by atoms with Crippen molar-refractivity contribution in [3.05, 3.63) is 48.4 Å². The molecule has 2 amide bonds. The smallest absolute Gasteiger partial charge is 0.274 e. The highest BCUT2D eigenvalue weighted by Gasteiger charge is 2.24. The van der Waals surface area contributed by atoms with Crippen molar-refractivity contribution in [1.82, 2.24) is 19.8 Å². The molecule has 130 valence electrons. The largest absolute Gasteiger partial charge is 0.339 e. The summed E-state index contributed by atoms with van der Waals surface area (Å²) in [6.45, 7) is 3.70. The van der Waals surface area contributed by atoms with E-state index in [2.05, 4.69) is 9.97 Å². The van der Waals surface area contributed by atoms with Gasteiger partial charge in [0.15, 0.2) is 5.82 Å². The molecule has 0 radical (unpaired) electrons. The number of aromatic nitrogens is 2. The van der Waals surface area contributed by atoms with Crippen LogP contribution < -0.4 is 4.90 Å². The van der Waals surface area contributed by atoms with Crippen LogP contribution in [0.5, 0.6) is 0 Å². The van der Waals surface area contributed by atoms with Gasteiger partial charge in [-0.3, -0.25) is 9.59 Å². The van der Waals surface area contributed by atoms with E-state index in [4.69, 9.17) is 0 Å². The van der Waals surface area contributed by atoms with Gasteiger partial charge in [-0.1, -0.05) is 18.2 Å². The normalized spacial score (nSPS) is 14.3. The number of piperazine rings is 1. The monoisotopic (exact) mass is 339 g/mol. The first-order valence-corrected chi connectivity index (χ1v) is 8.22. The maximum atomic E-state index is 12.5. The number of nitrogens with zero attached hydrogens (tertiary/aromatic N) is 5. The van der Waals surface area contributed by atoms with Crippen LogP contribution in [0, 0.1) is 0 Å². The lowest BCUT2D eigenvalue weighted by Gasteiger charge is -2.34. The van der Waals surface area contributed by atoms with Crippen LogP contribution in [0.1, 0.15) is 17.4 Å². The number of hydrogen-bond acceptors (Lipinski definition) is 5. The number of benzene rings is 1. The highest BCUT2D eigenvalue weighted by molar-refractivity contribution is 5.92. The molecule has 1 saturated heterocycles. The Labute approximate surface area is 146 Å². The zero-order chi connectivity index (χ0) is 17.8. The standard InChI is InChI=1S/C18H21N5O2/c1-14(24)22-8-10-23(11-9-22)18(25)16-12-20-17(13-19-16)21(2)15-6-4-3-5-7-15/h3-7,12-13H,8-11H2,1-2H3. The predicted molar refractivity (Wildman–Crippen MR) is 94.7 cm³/mol. The lowest BCUT2D eigenvalue weighted by Crippen LogP contribution is -2.50. The Morgan fingerprint density at radius 1 is 0.960 bits per heavy atom. The molecule has 0 aliphatic carbocycles. The molecule has 2 aromatic rings. The Hall–Kier alpha value is -2.96. The topological polar surface area (TPSA) is 69.6 Å². The quantitative estimate of drug-likeness (QED) is 0.848. The predicted octanol–water partition coefficient (Wildman–Crippen LogP) is 1.55. The van der Waals surface area contributed by atoms with E-state index >= 15 is 0 Å². The third-order valence-electron chi connectivity index (χ3n) is 4.36. The van der Waals surface area contributed by atoms with Crippen molar-refractivity contribution in [3.63, 3.8) is 0 Å². The Balaban J connectivity index is 1.66. The van der Waals surface area contributed by atoms with Crippen molar-refractivity contribution in [1.29, 1.82) is 0 Å². The number of hydrogen-bond donors (Lipinski definition) is 0. The molecule has 0 bridgehead atoms. The molecule has 0 saturated carbocycles. The molecule has 7 heteroatoms. The lowest BCUT2D eigenvalue weighted by molar-refractivity contribution is -0.130. The number of rotatable bonds is 3. The van der Waals surface area contributed by atoms with Crippen molar-refractivity contribution in [3.8, 4) is 0 Å². The number of amides is 2. The molecule has 0 N–H and O–H groups in total. The summed E-state index contributed by atoms with van der Waals surface area (Å²) in [5, 5.41) is 0. The average molecular weight is 339 g/mol. The van der Waals surface area contributed by atoms with Gasteiger partial charge < -0.3 is 14.7 Å². The Bertz CT molecular complexity index is 740. The van der Waals surface area contributed by atoms with Gasteiger partial charge in [0.25, 0.3) is 5.91 Å². The minimum Gasteiger partial charge on any atom is -0.339 e. The first kappa shape index (κ1) is 16.9. The second-order valence-corrected chi connectivity index (χ2v) is 5.95. The molecule has 1 aliphatic rings. The van der Waals surface area contributed by atoms with Gasteiger partial charge in [-0.2, -0.15) is 0 Å². The molecule has 25 heavy (non-hydrogen) atoms. The fourth-order valence-electron chi connectivity index (χ4n) is 2.78. The van der Waals surface area contributed by atoms with Crippen molar-refractivity contribution >= 4 is 23.3 Å². The number of anilines is 2. The van der Waals surface area contributed by atoms with Crippen LogP contribution in [-0.2, 0) is 4.79 Å². The third kappa shape index (κ3) is 3.76. The summed E-state index contributed by atoms with van der Waals surface area (Å²) >= 11 is 0. The fourth-order valence-corrected chi connectivity index (χ4v) is 2.78. The summed E-state index contributed by atoms with van der Waals surface area (Å²) in [5.74, 6) is 0.564. The minimum atomic E-state index is -0.149. The van der Waals surface area contributed by atoms with Crippen molar-refractivity contribution in [2.24, 2.45) is 0 Å². The first-order valence-electron chi connectivity index (χ1n) is 8.22. The highest BCUT2D eigenvalue weighted by atomic mass is 16.2. The van der Waals surface area contributed by atoms with Gasteiger partial charge in [-0.05, 0) is 12.1 Å². The van der Waals surface area contributed by atoms with Crippen LogP contribution in [0.15, 0.2) is 42.7 Å². The number of para-hydroxylation sites is 1. The lowest BCUT2D eigenvalue weighted by atomic mass is 10.2. The van der Waals surface area contributed by atoms with E-state index in [0.29, 0.717) is 37.7 Å². The number of carbonyl (C=O) groups is 2. The molecule has 7 nitrogen and oxygen atoms in total. The zero-order valence-corrected chi connectivity index (χ0v) is 14.4. The SMILES string of the molecule is CC(=O)N1CCN(C(=O)c2cnc(N(C)c3ccccc3)cn2)CC1. The van der Waals surface area contributed by atoms with Crippen LogP contribution in [-0.4, -0.2) is 64.8 Å².